The summed E-state index contributed by atoms with van der Waals surface area (Å²) >= 11 is 3.64. The van der Waals surface area contributed by atoms with Crippen LogP contribution in [0.4, 0.5) is 11.4 Å². The highest BCUT2D eigenvalue weighted by Gasteiger charge is 2.33. The topological polar surface area (TPSA) is 115 Å². The molecule has 2 amide bonds. The fourth-order valence-electron chi connectivity index (χ4n) is 10.4. The van der Waals surface area contributed by atoms with Crippen LogP contribution >= 0.6 is 23.5 Å². The van der Waals surface area contributed by atoms with E-state index in [0.29, 0.717) is 11.5 Å². The number of hydrogen-bond donors (Lipinski definition) is 1. The van der Waals surface area contributed by atoms with Crippen molar-refractivity contribution in [2.24, 2.45) is 0 Å². The van der Waals surface area contributed by atoms with Crippen LogP contribution in [-0.2, 0) is 37.1 Å². The third kappa shape index (κ3) is 15.6. The van der Waals surface area contributed by atoms with E-state index < -0.39 is 23.8 Å². The van der Waals surface area contributed by atoms with Gasteiger partial charge >= 0.3 is 11.9 Å². The Morgan fingerprint density at radius 3 is 1.42 bits per heavy atom. The van der Waals surface area contributed by atoms with Gasteiger partial charge in [0.1, 0.15) is 0 Å². The summed E-state index contributed by atoms with van der Waals surface area (Å²) in [6.07, 6.45) is 17.3. The number of aliphatic carboxylic acids is 1. The number of hydrogen-bond acceptors (Lipinski definition) is 9. The fraction of sp³-hybridized carbons (Fsp3) is 0.397. The van der Waals surface area contributed by atoms with Gasteiger partial charge in [-0.2, -0.15) is 9.13 Å². The standard InChI is InChI=1S/C33H40N4O4S.C29H36N3O2S.CH4/c1-34-28-14-8-9-15-29(28)42-32(34)24-25-19-21-35(27-13-7-6-12-26(25)27)20-11-23-37(2,3)22-10-4-5-16-33(40)41-36-30(38)17-18-31(36)39;1-30-26-14-8-9-15-27(26)35-28(30)22-23-17-19-31(25-13-7-6-12-24(23)25)18-11-21-32(2,3)20-10-4-5-16-29(33)34;/h6-9,12-15,19,21,24H,4-5,10-11,16-18,20,22-23H2,1-3H3;6-9,12-15,17,19,22H,4-5,10-11,16,18,20-21H2,1-3H3;1H4/q+2;+1;/p+1. The van der Waals surface area contributed by atoms with Crippen LogP contribution in [0.5, 0.6) is 0 Å². The first-order valence-corrected chi connectivity index (χ1v) is 28.9. The number of nitrogens with zero attached hydrogens (tertiary/aromatic N) is 7. The molecule has 9 rings (SSSR count). The molecule has 0 saturated carbocycles. The second-order valence-corrected chi connectivity index (χ2v) is 23.8. The largest absolute Gasteiger partial charge is 0.481 e. The zero-order valence-corrected chi connectivity index (χ0v) is 47.5. The van der Waals surface area contributed by atoms with Crippen molar-refractivity contribution in [2.75, 3.05) is 78.3 Å². The molecule has 0 aliphatic carbocycles. The molecule has 6 aromatic rings. The molecule has 2 aromatic heterocycles. The van der Waals surface area contributed by atoms with E-state index in [9.17, 15) is 19.2 Å². The summed E-state index contributed by atoms with van der Waals surface area (Å²) in [7, 11) is 13.3. The van der Waals surface area contributed by atoms with Gasteiger partial charge in [0.2, 0.25) is 11.0 Å². The van der Waals surface area contributed by atoms with Gasteiger partial charge in [0.15, 0.2) is 25.5 Å². The van der Waals surface area contributed by atoms with Gasteiger partial charge < -0.3 is 28.7 Å². The molecular weight excluding hydrogens is 1010 g/mol. The molecule has 3 aliphatic heterocycles. The summed E-state index contributed by atoms with van der Waals surface area (Å²) in [6, 6.07) is 38.9. The summed E-state index contributed by atoms with van der Waals surface area (Å²) in [5.74, 6) is -2.08. The Morgan fingerprint density at radius 2 is 0.974 bits per heavy atom. The average Bonchev–Trinajstić information content (AvgIpc) is 4.04. The van der Waals surface area contributed by atoms with E-state index in [0.717, 1.165) is 93.2 Å². The van der Waals surface area contributed by atoms with Gasteiger partial charge in [-0.25, -0.2) is 4.79 Å². The zero-order valence-electron chi connectivity index (χ0n) is 45.9. The van der Waals surface area contributed by atoms with Crippen LogP contribution in [0, 0.1) is 0 Å². The predicted molar refractivity (Wildman–Crippen MR) is 317 cm³/mol. The number of carboxylic acid groups (broad SMARTS) is 1. The van der Waals surface area contributed by atoms with Gasteiger partial charge in [0.05, 0.1) is 99.4 Å². The number of aromatic nitrogens is 2. The quantitative estimate of drug-likeness (QED) is 0.0288. The Balaban J connectivity index is 0.000000227. The Morgan fingerprint density at radius 1 is 0.564 bits per heavy atom. The van der Waals surface area contributed by atoms with Gasteiger partial charge in [-0.15, -0.1) is 5.06 Å². The highest BCUT2D eigenvalue weighted by atomic mass is 32.2. The van der Waals surface area contributed by atoms with E-state index in [1.165, 1.54) is 64.2 Å². The van der Waals surface area contributed by atoms with Crippen molar-refractivity contribution in [3.05, 3.63) is 143 Å². The van der Waals surface area contributed by atoms with E-state index in [1.807, 2.05) is 23.5 Å². The van der Waals surface area contributed by atoms with Crippen molar-refractivity contribution < 1.29 is 47.2 Å². The number of fused-ring (bicyclic) bond motifs is 4. The molecule has 3 aliphatic rings. The summed E-state index contributed by atoms with van der Waals surface area (Å²) in [4.78, 5) is 58.0. The maximum absolute atomic E-state index is 12.0. The lowest BCUT2D eigenvalue weighted by Gasteiger charge is -2.29. The van der Waals surface area contributed by atoms with E-state index in [4.69, 9.17) is 9.94 Å². The van der Waals surface area contributed by atoms with Crippen LogP contribution in [0.1, 0.15) is 95.6 Å². The summed E-state index contributed by atoms with van der Waals surface area (Å²) in [5.41, 5.74) is 7.49. The number of amides is 2. The minimum absolute atomic E-state index is 0. The molecule has 0 spiro atoms. The summed E-state index contributed by atoms with van der Waals surface area (Å²) in [6.45, 7) is 6.19. The van der Waals surface area contributed by atoms with Crippen molar-refractivity contribution in [3.63, 3.8) is 0 Å². The van der Waals surface area contributed by atoms with Crippen LogP contribution in [-0.4, -0.2) is 111 Å². The van der Waals surface area contributed by atoms with Crippen LogP contribution in [0.15, 0.2) is 141 Å². The SMILES string of the molecule is C.CN1/C(=C/c2cc[n+](CCC[N+](C)(C)CCCCCC(=O)O)c3ccccc23)Sc2ccccc21.CN1/C(=C/c2cc[n+](CCC[N+](C)(C)CCCCCC(=O)ON3C(=O)CCC3=O)c3ccccc23)Sc2ccccc21. The Bertz CT molecular complexity index is 3140. The number of imide groups is 1. The third-order valence-electron chi connectivity index (χ3n) is 14.8. The van der Waals surface area contributed by atoms with Crippen molar-refractivity contribution in [1.82, 2.24) is 5.06 Å². The number of aryl methyl sites for hydroxylation is 2. The molecule has 0 unspecified atom stereocenters. The number of pyridine rings is 2. The molecule has 0 radical (unpaired) electrons. The molecule has 13 nitrogen and oxygen atoms in total. The second-order valence-electron chi connectivity index (χ2n) is 21.7. The van der Waals surface area contributed by atoms with Gasteiger partial charge in [-0.1, -0.05) is 79.5 Å². The molecule has 1 fully saturated rings. The molecule has 1 saturated heterocycles. The molecule has 78 heavy (non-hydrogen) atoms. The number of para-hydroxylation sites is 4. The molecule has 1 N–H and O–H groups in total. The lowest BCUT2D eigenvalue weighted by Crippen LogP contribution is -2.44. The summed E-state index contributed by atoms with van der Waals surface area (Å²) < 4.78 is 6.62. The Kier molecular flexibility index (Phi) is 20.8. The van der Waals surface area contributed by atoms with Crippen LogP contribution in [0.2, 0.25) is 0 Å². The van der Waals surface area contributed by atoms with Crippen molar-refractivity contribution in [1.29, 1.82) is 0 Å². The number of hydroxylamine groups is 2. The number of unbranched alkanes of at least 4 members (excludes halogenated alkanes) is 4. The smallest absolute Gasteiger partial charge is 0.333 e. The van der Waals surface area contributed by atoms with Crippen molar-refractivity contribution in [3.8, 4) is 0 Å². The van der Waals surface area contributed by atoms with E-state index in [1.54, 1.807) is 0 Å². The molecule has 412 valence electrons. The van der Waals surface area contributed by atoms with Crippen molar-refractivity contribution >= 4 is 92.6 Å². The lowest BCUT2D eigenvalue weighted by molar-refractivity contribution is -0.892. The van der Waals surface area contributed by atoms with E-state index in [2.05, 4.69) is 195 Å². The number of anilines is 2. The molecular formula is C63H81N7O6S2+4. The minimum Gasteiger partial charge on any atom is -0.481 e. The first-order chi connectivity index (χ1) is 37.1. The van der Waals surface area contributed by atoms with Gasteiger partial charge in [-0.05, 0) is 98.2 Å². The predicted octanol–water partition coefficient (Wildman–Crippen LogP) is 11.7. The van der Waals surface area contributed by atoms with E-state index in [-0.39, 0.29) is 33.1 Å². The van der Waals surface area contributed by atoms with E-state index >= 15 is 0 Å². The zero-order chi connectivity index (χ0) is 54.5. The van der Waals surface area contributed by atoms with Crippen LogP contribution in [0.3, 0.4) is 0 Å². The first kappa shape index (κ1) is 59.1. The Labute approximate surface area is 470 Å². The van der Waals surface area contributed by atoms with Crippen LogP contribution in [0.25, 0.3) is 34.0 Å². The van der Waals surface area contributed by atoms with Gasteiger partial charge in [0.25, 0.3) is 11.8 Å². The van der Waals surface area contributed by atoms with Crippen LogP contribution < -0.4 is 18.9 Å². The molecule has 4 aromatic carbocycles. The molecule has 0 bridgehead atoms. The molecule has 5 heterocycles. The maximum atomic E-state index is 12.0. The molecule has 0 atom stereocenters. The first-order valence-electron chi connectivity index (χ1n) is 27.3. The monoisotopic (exact) mass is 1100 g/mol. The second kappa shape index (κ2) is 27.4. The number of rotatable bonds is 23. The number of thioether (sulfide) groups is 2. The normalized spacial score (nSPS) is 15.2. The highest BCUT2D eigenvalue weighted by molar-refractivity contribution is 8.04. The van der Waals surface area contributed by atoms with Gasteiger partial charge in [-0.3, -0.25) is 14.4 Å². The Hall–Kier alpha value is -6.52. The lowest BCUT2D eigenvalue weighted by atomic mass is 10.1. The van der Waals surface area contributed by atoms with Crippen molar-refractivity contribution in [2.45, 2.75) is 107 Å². The molecule has 15 heteroatoms. The average molecular weight is 1100 g/mol. The fourth-order valence-corrected chi connectivity index (χ4v) is 12.6. The summed E-state index contributed by atoms with van der Waals surface area (Å²) in [5, 5.41) is 14.4. The number of quaternary nitrogens is 2. The minimum atomic E-state index is -0.690. The number of carbonyl (C=O) groups is 4. The third-order valence-corrected chi connectivity index (χ3v) is 17.2. The number of carboxylic acids is 1. The highest BCUT2D eigenvalue weighted by Crippen LogP contribution is 2.47. The number of benzene rings is 4. The number of carbonyl (C=O) groups excluding carboxylic acids is 3. The maximum Gasteiger partial charge on any atom is 0.333 e. The van der Waals surface area contributed by atoms with Gasteiger partial charge in [0, 0.05) is 73.8 Å².